The van der Waals surface area contributed by atoms with Crippen molar-refractivity contribution in [3.63, 3.8) is 0 Å². The summed E-state index contributed by atoms with van der Waals surface area (Å²) in [6.45, 7) is 0. The Morgan fingerprint density at radius 3 is 2.03 bits per heavy atom. The monoisotopic (exact) mass is 560 g/mol. The number of rotatable bonds is 5. The molecule has 0 spiro atoms. The van der Waals surface area contributed by atoms with Crippen LogP contribution < -0.4 is 20.9 Å². The third-order valence-electron chi connectivity index (χ3n) is 6.83. The molecule has 0 aliphatic heterocycles. The molecular formula is C25H30F6N6S. The Morgan fingerprint density at radius 2 is 1.45 bits per heavy atom. The van der Waals surface area contributed by atoms with Crippen LogP contribution in [-0.2, 0) is 25.2 Å². The first-order valence-electron chi connectivity index (χ1n) is 12.5. The van der Waals surface area contributed by atoms with E-state index in [1.807, 2.05) is 19.0 Å². The molecule has 1 saturated carbocycles. The number of hydrogen-bond acceptors (Lipinski definition) is 5. The molecule has 2 aromatic rings. The Hall–Kier alpha value is -2.83. The van der Waals surface area contributed by atoms with E-state index >= 15 is 0 Å². The second-order valence-corrected chi connectivity index (χ2v) is 10.4. The number of halogens is 6. The van der Waals surface area contributed by atoms with Gasteiger partial charge in [-0.3, -0.25) is 0 Å². The van der Waals surface area contributed by atoms with Gasteiger partial charge < -0.3 is 20.9 Å². The van der Waals surface area contributed by atoms with Gasteiger partial charge in [-0.2, -0.15) is 31.3 Å². The number of anilines is 3. The fourth-order valence-electron chi connectivity index (χ4n) is 4.95. The lowest BCUT2D eigenvalue weighted by Gasteiger charge is -2.31. The normalized spacial score (nSPS) is 19.9. The average Bonchev–Trinajstić information content (AvgIpc) is 2.83. The van der Waals surface area contributed by atoms with E-state index in [-0.39, 0.29) is 28.9 Å². The Kier molecular flexibility index (Phi) is 8.24. The zero-order valence-electron chi connectivity index (χ0n) is 21.1. The van der Waals surface area contributed by atoms with Crippen LogP contribution in [0.1, 0.15) is 60.9 Å². The summed E-state index contributed by atoms with van der Waals surface area (Å²) < 4.78 is 78.7. The van der Waals surface area contributed by atoms with Crippen molar-refractivity contribution in [1.82, 2.24) is 15.3 Å². The molecule has 0 saturated heterocycles. The van der Waals surface area contributed by atoms with E-state index in [0.717, 1.165) is 50.0 Å². The van der Waals surface area contributed by atoms with Crippen LogP contribution in [0.2, 0.25) is 0 Å². The molecule has 4 rings (SSSR count). The maximum atomic E-state index is 13.1. The van der Waals surface area contributed by atoms with Gasteiger partial charge in [-0.1, -0.05) is 0 Å². The number of fused-ring (bicyclic) bond motifs is 1. The van der Waals surface area contributed by atoms with Gasteiger partial charge in [0.1, 0.15) is 5.82 Å². The predicted molar refractivity (Wildman–Crippen MR) is 138 cm³/mol. The topological polar surface area (TPSA) is 65.1 Å². The number of hydrogen-bond donors (Lipinski definition) is 3. The number of aryl methyl sites for hydroxylation is 1. The summed E-state index contributed by atoms with van der Waals surface area (Å²) in [4.78, 5) is 11.5. The summed E-state index contributed by atoms with van der Waals surface area (Å²) in [5, 5.41) is 8.93. The Balaban J connectivity index is 1.34. The van der Waals surface area contributed by atoms with Crippen molar-refractivity contribution in [1.29, 1.82) is 0 Å². The molecule has 1 fully saturated rings. The molecule has 2 aliphatic carbocycles. The van der Waals surface area contributed by atoms with Gasteiger partial charge in [0.25, 0.3) is 0 Å². The van der Waals surface area contributed by atoms with Crippen molar-refractivity contribution >= 4 is 34.8 Å². The Bertz CT molecular complexity index is 1130. The highest BCUT2D eigenvalue weighted by molar-refractivity contribution is 7.80. The molecule has 2 aliphatic rings. The van der Waals surface area contributed by atoms with E-state index in [0.29, 0.717) is 30.9 Å². The van der Waals surface area contributed by atoms with Crippen molar-refractivity contribution in [2.24, 2.45) is 0 Å². The summed E-state index contributed by atoms with van der Waals surface area (Å²) in [7, 11) is 3.94. The van der Waals surface area contributed by atoms with Crippen LogP contribution in [-0.4, -0.2) is 41.3 Å². The lowest BCUT2D eigenvalue weighted by molar-refractivity contribution is -0.143. The van der Waals surface area contributed by atoms with Crippen LogP contribution in [0, 0.1) is 0 Å². The highest BCUT2D eigenvalue weighted by Gasteiger charge is 2.37. The number of thiocarbonyl (C=S) groups is 1. The zero-order chi connectivity index (χ0) is 27.7. The fraction of sp³-hybridized carbons (Fsp3) is 0.560. The summed E-state index contributed by atoms with van der Waals surface area (Å²) in [6.07, 6.45) is -2.71. The highest BCUT2D eigenvalue weighted by atomic mass is 32.1. The second-order valence-electron chi connectivity index (χ2n) is 9.98. The smallest absolute Gasteiger partial charge is 0.362 e. The van der Waals surface area contributed by atoms with Gasteiger partial charge in [0.15, 0.2) is 5.11 Å². The molecular weight excluding hydrogens is 530 g/mol. The van der Waals surface area contributed by atoms with Crippen molar-refractivity contribution < 1.29 is 26.3 Å². The fourth-order valence-corrected chi connectivity index (χ4v) is 5.24. The molecule has 0 atom stereocenters. The van der Waals surface area contributed by atoms with Gasteiger partial charge in [-0.25, -0.2) is 4.98 Å². The van der Waals surface area contributed by atoms with Crippen molar-refractivity contribution in [3.05, 3.63) is 40.6 Å². The van der Waals surface area contributed by atoms with E-state index in [1.54, 1.807) is 0 Å². The minimum atomic E-state index is -4.92. The van der Waals surface area contributed by atoms with Crippen molar-refractivity contribution in [2.75, 3.05) is 29.6 Å². The van der Waals surface area contributed by atoms with Crippen LogP contribution in [0.15, 0.2) is 18.2 Å². The first-order chi connectivity index (χ1) is 17.8. The summed E-state index contributed by atoms with van der Waals surface area (Å²) >= 11 is 5.20. The van der Waals surface area contributed by atoms with Crippen LogP contribution in [0.3, 0.4) is 0 Å². The molecule has 0 radical (unpaired) electrons. The molecule has 6 nitrogen and oxygen atoms in total. The van der Waals surface area contributed by atoms with E-state index in [9.17, 15) is 26.3 Å². The highest BCUT2D eigenvalue weighted by Crippen LogP contribution is 2.37. The van der Waals surface area contributed by atoms with Gasteiger partial charge >= 0.3 is 12.4 Å². The Morgan fingerprint density at radius 1 is 0.868 bits per heavy atom. The van der Waals surface area contributed by atoms with Crippen LogP contribution in [0.4, 0.5) is 43.8 Å². The lowest BCUT2D eigenvalue weighted by atomic mass is 9.91. The Labute approximate surface area is 222 Å². The predicted octanol–water partition coefficient (Wildman–Crippen LogP) is 6.17. The van der Waals surface area contributed by atoms with Crippen molar-refractivity contribution in [3.8, 4) is 0 Å². The number of aromatic nitrogens is 2. The number of benzene rings is 1. The molecule has 3 N–H and O–H groups in total. The molecule has 0 amide bonds. The standard InChI is InChI=1S/C25H30F6N6S/c1-37(2)21-19-5-3-4-6-20(19)35-22(36-21)32-16-7-9-17(10-8-16)33-23(38)34-18-12-14(24(26,27)28)11-15(13-18)25(29,30)31/h11-13,16-17H,3-10H2,1-2H3,(H,32,35,36)(H2,33,34,38)/t16-,17+. The molecule has 13 heteroatoms. The van der Waals surface area contributed by atoms with Crippen LogP contribution in [0.25, 0.3) is 0 Å². The van der Waals surface area contributed by atoms with Gasteiger partial charge in [-0.15, -0.1) is 0 Å². The second kappa shape index (κ2) is 11.1. The third-order valence-corrected chi connectivity index (χ3v) is 7.05. The molecule has 0 bridgehead atoms. The molecule has 1 aromatic carbocycles. The minimum Gasteiger partial charge on any atom is -0.362 e. The first-order valence-corrected chi connectivity index (χ1v) is 12.9. The van der Waals surface area contributed by atoms with Gasteiger partial charge in [0.2, 0.25) is 5.95 Å². The van der Waals surface area contributed by atoms with Gasteiger partial charge in [0.05, 0.1) is 16.8 Å². The average molecular weight is 561 g/mol. The number of nitrogens with one attached hydrogen (secondary N) is 3. The molecule has 1 aromatic heterocycles. The summed E-state index contributed by atoms with van der Waals surface area (Å²) in [5.41, 5.74) is -0.866. The summed E-state index contributed by atoms with van der Waals surface area (Å²) in [5.74, 6) is 1.54. The van der Waals surface area contributed by atoms with E-state index < -0.39 is 23.5 Å². The van der Waals surface area contributed by atoms with E-state index in [4.69, 9.17) is 22.2 Å². The molecule has 208 valence electrons. The molecule has 0 unspecified atom stereocenters. The number of nitrogens with zero attached hydrogens (tertiary/aromatic N) is 3. The maximum absolute atomic E-state index is 13.1. The minimum absolute atomic E-state index is 0.0255. The van der Waals surface area contributed by atoms with Crippen molar-refractivity contribution in [2.45, 2.75) is 75.8 Å². The molecule has 38 heavy (non-hydrogen) atoms. The van der Waals surface area contributed by atoms with E-state index in [1.165, 1.54) is 5.56 Å². The zero-order valence-corrected chi connectivity index (χ0v) is 21.9. The lowest BCUT2D eigenvalue weighted by Crippen LogP contribution is -2.42. The van der Waals surface area contributed by atoms with E-state index in [2.05, 4.69) is 16.0 Å². The SMILES string of the molecule is CN(C)c1nc(N[C@H]2CC[C@@H](NC(=S)Nc3cc(C(F)(F)F)cc(C(F)(F)F)c3)CC2)nc2c1CCCC2. The summed E-state index contributed by atoms with van der Waals surface area (Å²) in [6, 6.07) is 1.39. The third kappa shape index (κ3) is 6.97. The van der Waals surface area contributed by atoms with Gasteiger partial charge in [-0.05, 0) is 81.8 Å². The largest absolute Gasteiger partial charge is 0.416 e. The quantitative estimate of drug-likeness (QED) is 0.299. The van der Waals surface area contributed by atoms with Crippen LogP contribution >= 0.6 is 12.2 Å². The molecule has 1 heterocycles. The van der Waals surface area contributed by atoms with Crippen LogP contribution in [0.5, 0.6) is 0 Å². The first kappa shape index (κ1) is 28.2. The number of alkyl halides is 6. The van der Waals surface area contributed by atoms with Gasteiger partial charge in [0, 0.05) is 37.4 Å². The maximum Gasteiger partial charge on any atom is 0.416 e.